The number of nitrogens with zero attached hydrogens (tertiary/aromatic N) is 1. The van der Waals surface area contributed by atoms with E-state index in [0.717, 1.165) is 19.3 Å². The molecule has 1 saturated carbocycles. The van der Waals surface area contributed by atoms with Crippen LogP contribution < -0.4 is 11.2 Å². The van der Waals surface area contributed by atoms with Crippen LogP contribution in [0.1, 0.15) is 38.2 Å². The second-order valence-corrected chi connectivity index (χ2v) is 6.76. The van der Waals surface area contributed by atoms with Crippen molar-refractivity contribution >= 4 is 23.4 Å². The number of halogens is 1. The molecule has 0 saturated heterocycles. The molecule has 1 aliphatic carbocycles. The Kier molecular flexibility index (Phi) is 4.46. The molecule has 1 fully saturated rings. The molecule has 6 heteroatoms. The fraction of sp³-hybridized carbons (Fsp3) is 0.692. The molecule has 1 N–H and O–H groups in total. The maximum Gasteiger partial charge on any atom is 0.329 e. The van der Waals surface area contributed by atoms with Gasteiger partial charge in [0.05, 0.1) is 5.56 Å². The summed E-state index contributed by atoms with van der Waals surface area (Å²) in [6.07, 6.45) is 6.76. The molecule has 4 nitrogen and oxygen atoms in total. The first-order valence-corrected chi connectivity index (χ1v) is 8.20. The molecular formula is C13H19ClN2O2S. The van der Waals surface area contributed by atoms with Crippen LogP contribution in [0.4, 0.5) is 0 Å². The molecule has 0 aromatic carbocycles. The monoisotopic (exact) mass is 302 g/mol. The van der Waals surface area contributed by atoms with E-state index in [4.69, 9.17) is 11.6 Å². The molecule has 0 unspecified atom stereocenters. The average molecular weight is 303 g/mol. The second-order valence-electron chi connectivity index (χ2n) is 5.10. The van der Waals surface area contributed by atoms with Crippen molar-refractivity contribution < 1.29 is 0 Å². The van der Waals surface area contributed by atoms with Crippen LogP contribution in [0, 0.1) is 0 Å². The molecule has 0 bridgehead atoms. The summed E-state index contributed by atoms with van der Waals surface area (Å²) in [5.41, 5.74) is -0.0922. The summed E-state index contributed by atoms with van der Waals surface area (Å²) in [5.74, 6) is 0. The molecular weight excluding hydrogens is 284 g/mol. The van der Waals surface area contributed by atoms with Crippen LogP contribution in [0.15, 0.2) is 9.59 Å². The van der Waals surface area contributed by atoms with Gasteiger partial charge in [0.25, 0.3) is 5.56 Å². The third kappa shape index (κ3) is 2.77. The van der Waals surface area contributed by atoms with Gasteiger partial charge in [-0.15, -0.1) is 0 Å². The van der Waals surface area contributed by atoms with Crippen LogP contribution in [0.25, 0.3) is 0 Å². The van der Waals surface area contributed by atoms with Crippen molar-refractivity contribution in [3.05, 3.63) is 31.6 Å². The van der Waals surface area contributed by atoms with Gasteiger partial charge in [0.1, 0.15) is 5.15 Å². The predicted octanol–water partition coefficient (Wildman–Crippen LogP) is 2.43. The quantitative estimate of drug-likeness (QED) is 0.850. The number of aromatic nitrogens is 2. The highest BCUT2D eigenvalue weighted by Crippen LogP contribution is 2.43. The SMILES string of the molecule is CCCc1c(Cl)[nH]c(=O)n(CC2(SC)CCC2)c1=O. The first-order chi connectivity index (χ1) is 9.03. The fourth-order valence-corrected chi connectivity index (χ4v) is 3.69. The van der Waals surface area contributed by atoms with Crippen LogP contribution in [0.2, 0.25) is 5.15 Å². The van der Waals surface area contributed by atoms with Crippen LogP contribution >= 0.6 is 23.4 Å². The van der Waals surface area contributed by atoms with Crippen LogP contribution in [-0.4, -0.2) is 20.6 Å². The minimum absolute atomic E-state index is 0.0497. The Bertz CT molecular complexity index is 569. The molecule has 0 spiro atoms. The highest BCUT2D eigenvalue weighted by atomic mass is 35.5. The highest BCUT2D eigenvalue weighted by Gasteiger charge is 2.37. The normalized spacial score (nSPS) is 17.2. The highest BCUT2D eigenvalue weighted by molar-refractivity contribution is 8.00. The van der Waals surface area contributed by atoms with Gasteiger partial charge < -0.3 is 0 Å². The van der Waals surface area contributed by atoms with Crippen molar-refractivity contribution in [3.63, 3.8) is 0 Å². The molecule has 106 valence electrons. The number of nitrogens with one attached hydrogen (secondary N) is 1. The molecule has 1 heterocycles. The largest absolute Gasteiger partial charge is 0.329 e. The minimum Gasteiger partial charge on any atom is -0.297 e. The van der Waals surface area contributed by atoms with Crippen molar-refractivity contribution in [2.75, 3.05) is 6.26 Å². The Balaban J connectivity index is 2.43. The van der Waals surface area contributed by atoms with E-state index in [1.54, 1.807) is 11.8 Å². The Morgan fingerprint density at radius 2 is 2.11 bits per heavy atom. The first-order valence-electron chi connectivity index (χ1n) is 6.59. The lowest BCUT2D eigenvalue weighted by molar-refractivity contribution is 0.313. The number of thioether (sulfide) groups is 1. The zero-order valence-corrected chi connectivity index (χ0v) is 12.9. The average Bonchev–Trinajstić information content (AvgIpc) is 2.33. The number of hydrogen-bond donors (Lipinski definition) is 1. The van der Waals surface area contributed by atoms with Crippen LogP contribution in [0.5, 0.6) is 0 Å². The number of rotatable bonds is 5. The Morgan fingerprint density at radius 1 is 1.42 bits per heavy atom. The summed E-state index contributed by atoms with van der Waals surface area (Å²) in [7, 11) is 0. The summed E-state index contributed by atoms with van der Waals surface area (Å²) >= 11 is 7.71. The van der Waals surface area contributed by atoms with E-state index in [1.165, 1.54) is 11.0 Å². The van der Waals surface area contributed by atoms with E-state index in [-0.39, 0.29) is 15.5 Å². The van der Waals surface area contributed by atoms with Gasteiger partial charge in [-0.3, -0.25) is 14.3 Å². The lowest BCUT2D eigenvalue weighted by Gasteiger charge is -2.40. The second kappa shape index (κ2) is 5.75. The number of H-pyrrole nitrogens is 1. The maximum absolute atomic E-state index is 12.4. The summed E-state index contributed by atoms with van der Waals surface area (Å²) in [4.78, 5) is 26.9. The Labute approximate surface area is 121 Å². The van der Waals surface area contributed by atoms with Crippen LogP contribution in [0.3, 0.4) is 0 Å². The van der Waals surface area contributed by atoms with Gasteiger partial charge in [0, 0.05) is 11.3 Å². The molecule has 1 aliphatic rings. The van der Waals surface area contributed by atoms with Crippen molar-refractivity contribution in [2.45, 2.75) is 50.3 Å². The van der Waals surface area contributed by atoms with E-state index in [1.807, 2.05) is 13.2 Å². The van der Waals surface area contributed by atoms with Crippen molar-refractivity contribution in [1.82, 2.24) is 9.55 Å². The van der Waals surface area contributed by atoms with Crippen LogP contribution in [-0.2, 0) is 13.0 Å². The predicted molar refractivity (Wildman–Crippen MR) is 80.4 cm³/mol. The maximum atomic E-state index is 12.4. The zero-order chi connectivity index (χ0) is 14.0. The summed E-state index contributed by atoms with van der Waals surface area (Å²) < 4.78 is 1.38. The van der Waals surface area contributed by atoms with Gasteiger partial charge in [-0.2, -0.15) is 11.8 Å². The summed E-state index contributed by atoms with van der Waals surface area (Å²) in [6, 6.07) is 0. The van der Waals surface area contributed by atoms with Crippen molar-refractivity contribution in [1.29, 1.82) is 0 Å². The topological polar surface area (TPSA) is 54.9 Å². The lowest BCUT2D eigenvalue weighted by atomic mass is 9.84. The van der Waals surface area contributed by atoms with Gasteiger partial charge in [-0.1, -0.05) is 31.4 Å². The van der Waals surface area contributed by atoms with E-state index in [0.29, 0.717) is 18.5 Å². The molecule has 0 radical (unpaired) electrons. The molecule has 1 aromatic rings. The molecule has 2 rings (SSSR count). The third-order valence-electron chi connectivity index (χ3n) is 3.87. The number of aromatic amines is 1. The Morgan fingerprint density at radius 3 is 2.58 bits per heavy atom. The van der Waals surface area contributed by atoms with Crippen molar-refractivity contribution in [2.24, 2.45) is 0 Å². The number of hydrogen-bond acceptors (Lipinski definition) is 3. The molecule has 0 atom stereocenters. The minimum atomic E-state index is -0.393. The molecule has 0 amide bonds. The summed E-state index contributed by atoms with van der Waals surface area (Å²) in [6.45, 7) is 2.47. The Hall–Kier alpha value is -0.680. The van der Waals surface area contributed by atoms with Gasteiger partial charge in [0.15, 0.2) is 0 Å². The smallest absolute Gasteiger partial charge is 0.297 e. The summed E-state index contributed by atoms with van der Waals surface area (Å²) in [5, 5.41) is 0.194. The van der Waals surface area contributed by atoms with Crippen molar-refractivity contribution in [3.8, 4) is 0 Å². The third-order valence-corrected chi connectivity index (χ3v) is 5.60. The van der Waals surface area contributed by atoms with E-state index < -0.39 is 5.69 Å². The van der Waals surface area contributed by atoms with E-state index in [2.05, 4.69) is 4.98 Å². The van der Waals surface area contributed by atoms with E-state index in [9.17, 15) is 9.59 Å². The standard InChI is InChI=1S/C13H19ClN2O2S/c1-3-5-9-10(14)15-12(18)16(11(9)17)8-13(19-2)6-4-7-13/h3-8H2,1-2H3,(H,15,18). The van der Waals surface area contributed by atoms with Gasteiger partial charge in [-0.25, -0.2) is 4.79 Å². The lowest BCUT2D eigenvalue weighted by Crippen LogP contribution is -2.47. The van der Waals surface area contributed by atoms with Gasteiger partial charge in [-0.05, 0) is 25.5 Å². The zero-order valence-electron chi connectivity index (χ0n) is 11.3. The van der Waals surface area contributed by atoms with Gasteiger partial charge >= 0.3 is 5.69 Å². The van der Waals surface area contributed by atoms with Gasteiger partial charge in [0.2, 0.25) is 0 Å². The molecule has 19 heavy (non-hydrogen) atoms. The molecule has 1 aromatic heterocycles. The first kappa shape index (κ1) is 14.7. The molecule has 0 aliphatic heterocycles. The van der Waals surface area contributed by atoms with E-state index >= 15 is 0 Å². The fourth-order valence-electron chi connectivity index (χ4n) is 2.48.